The Balaban J connectivity index is 1.47. The fourth-order valence-corrected chi connectivity index (χ4v) is 4.41. The van der Waals surface area contributed by atoms with Crippen molar-refractivity contribution in [2.75, 3.05) is 31.9 Å². The average Bonchev–Trinajstić information content (AvgIpc) is 3.22. The van der Waals surface area contributed by atoms with E-state index in [1.807, 2.05) is 12.1 Å². The first-order chi connectivity index (χ1) is 13.7. The van der Waals surface area contributed by atoms with Crippen molar-refractivity contribution < 1.29 is 18.2 Å². The predicted octanol–water partition coefficient (Wildman–Crippen LogP) is 2.81. The van der Waals surface area contributed by atoms with Crippen LogP contribution in [0.3, 0.4) is 0 Å². The van der Waals surface area contributed by atoms with Crippen molar-refractivity contribution in [3.05, 3.63) is 59.5 Å². The second-order valence-corrected chi connectivity index (χ2v) is 9.78. The Morgan fingerprint density at radius 1 is 1.00 bits per heavy atom. The molecule has 7 heteroatoms. The molecule has 1 aliphatic rings. The van der Waals surface area contributed by atoms with Gasteiger partial charge in [-0.2, -0.15) is 0 Å². The number of amides is 2. The minimum Gasteiger partial charge on any atom is -0.459 e. The minimum atomic E-state index is -1.26. The molecule has 1 aliphatic heterocycles. The number of rotatable bonds is 5. The highest BCUT2D eigenvalue weighted by molar-refractivity contribution is 7.84. The lowest BCUT2D eigenvalue weighted by Gasteiger charge is -2.34. The lowest BCUT2D eigenvalue weighted by atomic mass is 9.87. The molecule has 1 unspecified atom stereocenters. The summed E-state index contributed by atoms with van der Waals surface area (Å²) in [6.07, 6.45) is 1.47. The largest absolute Gasteiger partial charge is 0.459 e. The molecular weight excluding hydrogens is 388 g/mol. The maximum atomic E-state index is 12.5. The van der Waals surface area contributed by atoms with Crippen molar-refractivity contribution in [2.45, 2.75) is 31.9 Å². The Bertz CT molecular complexity index is 861. The summed E-state index contributed by atoms with van der Waals surface area (Å²) in [5, 5.41) is 0. The maximum Gasteiger partial charge on any atom is 0.289 e. The maximum absolute atomic E-state index is 12.5. The lowest BCUT2D eigenvalue weighted by molar-refractivity contribution is -0.129. The average molecular weight is 417 g/mol. The number of carbonyl (C=O) groups excluding carboxylic acids is 2. The van der Waals surface area contributed by atoms with Crippen molar-refractivity contribution in [1.82, 2.24) is 9.80 Å². The van der Waals surface area contributed by atoms with Gasteiger partial charge in [-0.15, -0.1) is 0 Å². The number of hydrogen-bond acceptors (Lipinski definition) is 4. The van der Waals surface area contributed by atoms with Crippen molar-refractivity contribution in [1.29, 1.82) is 0 Å². The second kappa shape index (κ2) is 8.95. The summed E-state index contributed by atoms with van der Waals surface area (Å²) in [7, 11) is -1.26. The lowest BCUT2D eigenvalue weighted by Crippen LogP contribution is -2.51. The summed E-state index contributed by atoms with van der Waals surface area (Å²) in [6.45, 7) is 8.26. The zero-order valence-corrected chi connectivity index (χ0v) is 18.0. The first-order valence-corrected chi connectivity index (χ1v) is 11.3. The molecule has 156 valence electrons. The number of hydrogen-bond donors (Lipinski definition) is 0. The molecule has 6 nitrogen and oxygen atoms in total. The van der Waals surface area contributed by atoms with Crippen molar-refractivity contribution >= 4 is 22.6 Å². The predicted molar refractivity (Wildman–Crippen MR) is 113 cm³/mol. The van der Waals surface area contributed by atoms with Crippen molar-refractivity contribution in [2.24, 2.45) is 0 Å². The number of benzene rings is 1. The highest BCUT2D eigenvalue weighted by Crippen LogP contribution is 2.22. The molecule has 2 amide bonds. The number of nitrogens with zero attached hydrogens (tertiary/aromatic N) is 2. The van der Waals surface area contributed by atoms with Gasteiger partial charge in [0, 0.05) is 42.7 Å². The molecule has 1 aromatic heterocycles. The summed E-state index contributed by atoms with van der Waals surface area (Å²) in [5.74, 6) is 0.396. The van der Waals surface area contributed by atoms with Gasteiger partial charge in [-0.25, -0.2) is 0 Å². The van der Waals surface area contributed by atoms with E-state index in [0.29, 0.717) is 37.7 Å². The normalized spacial score (nSPS) is 16.0. The molecule has 0 N–H and O–H groups in total. The van der Waals surface area contributed by atoms with Gasteiger partial charge >= 0.3 is 0 Å². The van der Waals surface area contributed by atoms with Crippen LogP contribution >= 0.6 is 0 Å². The van der Waals surface area contributed by atoms with Crippen LogP contribution in [0.15, 0.2) is 47.1 Å². The van der Waals surface area contributed by atoms with Gasteiger partial charge in [-0.1, -0.05) is 45.0 Å². The molecule has 1 aromatic carbocycles. The second-order valence-electron chi connectivity index (χ2n) is 8.33. The monoisotopic (exact) mass is 416 g/mol. The van der Waals surface area contributed by atoms with E-state index in [2.05, 4.69) is 32.9 Å². The van der Waals surface area contributed by atoms with Crippen LogP contribution in [-0.2, 0) is 26.8 Å². The first-order valence-electron chi connectivity index (χ1n) is 9.79. The minimum absolute atomic E-state index is 0.00710. The molecule has 29 heavy (non-hydrogen) atoms. The van der Waals surface area contributed by atoms with E-state index in [-0.39, 0.29) is 23.0 Å². The van der Waals surface area contributed by atoms with Crippen LogP contribution in [0.25, 0.3) is 0 Å². The molecule has 0 spiro atoms. The third kappa shape index (κ3) is 5.56. The Labute approximate surface area is 174 Å². The van der Waals surface area contributed by atoms with E-state index in [4.69, 9.17) is 4.42 Å². The molecule has 1 fully saturated rings. The molecule has 0 aliphatic carbocycles. The summed E-state index contributed by atoms with van der Waals surface area (Å²) in [4.78, 5) is 28.1. The van der Waals surface area contributed by atoms with Crippen molar-refractivity contribution in [3.63, 3.8) is 0 Å². The van der Waals surface area contributed by atoms with Gasteiger partial charge in [-0.05, 0) is 28.7 Å². The molecule has 1 atom stereocenters. The molecular formula is C22H28N2O4S. The Morgan fingerprint density at radius 2 is 1.62 bits per heavy atom. The van der Waals surface area contributed by atoms with Gasteiger partial charge in [0.05, 0.1) is 6.26 Å². The third-order valence-electron chi connectivity index (χ3n) is 5.08. The first kappa shape index (κ1) is 21.3. The smallest absolute Gasteiger partial charge is 0.289 e. The van der Waals surface area contributed by atoms with E-state index in [1.165, 1.54) is 11.8 Å². The van der Waals surface area contributed by atoms with Crippen LogP contribution < -0.4 is 0 Å². The summed E-state index contributed by atoms with van der Waals surface area (Å²) in [6, 6.07) is 11.4. The topological polar surface area (TPSA) is 70.8 Å². The summed E-state index contributed by atoms with van der Waals surface area (Å²) in [5.41, 5.74) is 2.27. The van der Waals surface area contributed by atoms with Crippen LogP contribution in [0, 0.1) is 0 Å². The van der Waals surface area contributed by atoms with Gasteiger partial charge in [0.25, 0.3) is 5.91 Å². The van der Waals surface area contributed by atoms with Gasteiger partial charge in [-0.3, -0.25) is 13.8 Å². The fourth-order valence-electron chi connectivity index (χ4n) is 3.28. The van der Waals surface area contributed by atoms with Crippen molar-refractivity contribution in [3.8, 4) is 0 Å². The quantitative estimate of drug-likeness (QED) is 0.752. The third-order valence-corrected chi connectivity index (χ3v) is 6.31. The van der Waals surface area contributed by atoms with Gasteiger partial charge in [0.2, 0.25) is 5.91 Å². The zero-order valence-electron chi connectivity index (χ0n) is 17.2. The van der Waals surface area contributed by atoms with Crippen LogP contribution in [0.5, 0.6) is 0 Å². The highest BCUT2D eigenvalue weighted by atomic mass is 32.2. The molecule has 2 heterocycles. The zero-order chi connectivity index (χ0) is 21.0. The number of piperazine rings is 1. The van der Waals surface area contributed by atoms with Crippen LogP contribution in [0.2, 0.25) is 0 Å². The standard InChI is InChI=1S/C22H28N2O4S/c1-22(2,3)18-8-6-17(7-9-18)15-29(27)16-20(25)23-10-12-24(13-11-23)21(26)19-5-4-14-28-19/h4-9,14H,10-13,15-16H2,1-3H3. The molecule has 2 aromatic rings. The van der Waals surface area contributed by atoms with Crippen LogP contribution in [-0.4, -0.2) is 57.8 Å². The molecule has 1 saturated heterocycles. The molecule has 0 radical (unpaired) electrons. The Kier molecular flexibility index (Phi) is 6.57. The van der Waals surface area contributed by atoms with Crippen LogP contribution in [0.4, 0.5) is 0 Å². The van der Waals surface area contributed by atoms with Gasteiger partial charge in [0.15, 0.2) is 5.76 Å². The Morgan fingerprint density at radius 3 is 2.17 bits per heavy atom. The highest BCUT2D eigenvalue weighted by Gasteiger charge is 2.26. The summed E-state index contributed by atoms with van der Waals surface area (Å²) < 4.78 is 17.6. The van der Waals surface area contributed by atoms with E-state index in [0.717, 1.165) is 5.56 Å². The number of furan rings is 1. The van der Waals surface area contributed by atoms with Crippen LogP contribution in [0.1, 0.15) is 42.5 Å². The Hall–Kier alpha value is -2.41. The molecule has 0 bridgehead atoms. The number of carbonyl (C=O) groups is 2. The SMILES string of the molecule is CC(C)(C)c1ccc(CS(=O)CC(=O)N2CCN(C(=O)c3ccco3)CC2)cc1. The molecule has 3 rings (SSSR count). The van der Waals surface area contributed by atoms with E-state index < -0.39 is 10.8 Å². The van der Waals surface area contributed by atoms with E-state index in [9.17, 15) is 13.8 Å². The van der Waals surface area contributed by atoms with E-state index in [1.54, 1.807) is 21.9 Å². The molecule has 0 saturated carbocycles. The summed E-state index contributed by atoms with van der Waals surface area (Å²) >= 11 is 0. The van der Waals surface area contributed by atoms with Gasteiger partial charge in [0.1, 0.15) is 5.75 Å². The van der Waals surface area contributed by atoms with E-state index >= 15 is 0 Å². The fraction of sp³-hybridized carbons (Fsp3) is 0.455. The van der Waals surface area contributed by atoms with Gasteiger partial charge < -0.3 is 14.2 Å².